The molecule has 0 aliphatic carbocycles. The fourth-order valence-electron chi connectivity index (χ4n) is 2.39. The van der Waals surface area contributed by atoms with Crippen LogP contribution in [0.15, 0.2) is 0 Å². The Morgan fingerprint density at radius 3 is 2.94 bits per heavy atom. The lowest BCUT2D eigenvalue weighted by molar-refractivity contribution is -0.151. The van der Waals surface area contributed by atoms with Crippen molar-refractivity contribution in [2.45, 2.75) is 31.9 Å². The normalized spacial score (nSPS) is 34.7. The summed E-state index contributed by atoms with van der Waals surface area (Å²) in [5, 5.41) is 0. The lowest BCUT2D eigenvalue weighted by atomic mass is 9.99. The lowest BCUT2D eigenvalue weighted by Crippen LogP contribution is -2.54. The van der Waals surface area contributed by atoms with Crippen molar-refractivity contribution in [1.82, 2.24) is 4.90 Å². The second-order valence-corrected chi connectivity index (χ2v) is 5.17. The standard InChI is InChI=1S/C12H20ClNO3/c1-9-7-17-11(5-13)6-14(9)12(15)10-3-2-4-16-8-10/h9-11H,2-8H2,1H3. The molecule has 0 aromatic heterocycles. The molecule has 0 spiro atoms. The van der Waals surface area contributed by atoms with Crippen molar-refractivity contribution < 1.29 is 14.3 Å². The average Bonchev–Trinajstić information content (AvgIpc) is 2.39. The van der Waals surface area contributed by atoms with Crippen LogP contribution in [0.3, 0.4) is 0 Å². The number of hydrogen-bond donors (Lipinski definition) is 0. The van der Waals surface area contributed by atoms with Crippen LogP contribution in [0, 0.1) is 5.92 Å². The zero-order chi connectivity index (χ0) is 12.3. The van der Waals surface area contributed by atoms with E-state index in [9.17, 15) is 4.79 Å². The van der Waals surface area contributed by atoms with Crippen molar-refractivity contribution in [2.24, 2.45) is 5.92 Å². The topological polar surface area (TPSA) is 38.8 Å². The van der Waals surface area contributed by atoms with E-state index in [1.54, 1.807) is 0 Å². The van der Waals surface area contributed by atoms with Gasteiger partial charge in [0.15, 0.2) is 0 Å². The van der Waals surface area contributed by atoms with E-state index in [2.05, 4.69) is 0 Å². The quantitative estimate of drug-likeness (QED) is 0.703. The van der Waals surface area contributed by atoms with Crippen molar-refractivity contribution in [1.29, 1.82) is 0 Å². The molecule has 3 atom stereocenters. The highest BCUT2D eigenvalue weighted by Crippen LogP contribution is 2.21. The van der Waals surface area contributed by atoms with Gasteiger partial charge in [0, 0.05) is 13.2 Å². The molecule has 0 aromatic carbocycles. The smallest absolute Gasteiger partial charge is 0.228 e. The van der Waals surface area contributed by atoms with Crippen LogP contribution in [0.25, 0.3) is 0 Å². The molecule has 17 heavy (non-hydrogen) atoms. The summed E-state index contributed by atoms with van der Waals surface area (Å²) >= 11 is 5.80. The summed E-state index contributed by atoms with van der Waals surface area (Å²) in [5.74, 6) is 0.674. The predicted octanol–water partition coefficient (Wildman–Crippen LogP) is 1.27. The van der Waals surface area contributed by atoms with E-state index in [-0.39, 0.29) is 24.0 Å². The van der Waals surface area contributed by atoms with Crippen molar-refractivity contribution in [2.75, 3.05) is 32.2 Å². The van der Waals surface area contributed by atoms with Gasteiger partial charge in [-0.25, -0.2) is 0 Å². The summed E-state index contributed by atoms with van der Waals surface area (Å²) in [7, 11) is 0. The van der Waals surface area contributed by atoms with Gasteiger partial charge in [-0.1, -0.05) is 0 Å². The number of morpholine rings is 1. The van der Waals surface area contributed by atoms with Gasteiger partial charge in [-0.2, -0.15) is 0 Å². The number of rotatable bonds is 2. The van der Waals surface area contributed by atoms with Crippen LogP contribution in [-0.4, -0.2) is 55.2 Å². The Bertz CT molecular complexity index is 268. The Kier molecular flexibility index (Phi) is 4.65. The van der Waals surface area contributed by atoms with E-state index in [1.807, 2.05) is 11.8 Å². The number of halogens is 1. The van der Waals surface area contributed by atoms with E-state index >= 15 is 0 Å². The number of ether oxygens (including phenoxy) is 2. The number of carbonyl (C=O) groups is 1. The summed E-state index contributed by atoms with van der Waals surface area (Å²) in [4.78, 5) is 14.3. The molecule has 2 aliphatic rings. The van der Waals surface area contributed by atoms with Crippen LogP contribution < -0.4 is 0 Å². The third-order valence-corrected chi connectivity index (χ3v) is 3.81. The minimum absolute atomic E-state index is 0.0266. The first-order valence-electron chi connectivity index (χ1n) is 6.28. The summed E-state index contributed by atoms with van der Waals surface area (Å²) in [6.45, 7) is 4.56. The van der Waals surface area contributed by atoms with Gasteiger partial charge in [-0.15, -0.1) is 11.6 Å². The molecule has 0 N–H and O–H groups in total. The molecule has 2 fully saturated rings. The molecule has 2 rings (SSSR count). The third kappa shape index (κ3) is 3.12. The Morgan fingerprint density at radius 1 is 1.47 bits per heavy atom. The second-order valence-electron chi connectivity index (χ2n) is 4.86. The van der Waals surface area contributed by atoms with Crippen LogP contribution in [0.2, 0.25) is 0 Å². The van der Waals surface area contributed by atoms with E-state index in [1.165, 1.54) is 0 Å². The molecule has 3 unspecified atom stereocenters. The van der Waals surface area contributed by atoms with Gasteiger partial charge in [-0.3, -0.25) is 4.79 Å². The summed E-state index contributed by atoms with van der Waals surface area (Å²) in [6, 6.07) is 0.142. The van der Waals surface area contributed by atoms with Crippen molar-refractivity contribution >= 4 is 17.5 Å². The highest BCUT2D eigenvalue weighted by Gasteiger charge is 2.33. The van der Waals surface area contributed by atoms with Gasteiger partial charge in [0.05, 0.1) is 37.2 Å². The van der Waals surface area contributed by atoms with Gasteiger partial charge in [0.2, 0.25) is 5.91 Å². The minimum Gasteiger partial charge on any atom is -0.381 e. The highest BCUT2D eigenvalue weighted by atomic mass is 35.5. The Balaban J connectivity index is 1.95. The maximum absolute atomic E-state index is 12.4. The average molecular weight is 262 g/mol. The van der Waals surface area contributed by atoms with E-state index in [0.717, 1.165) is 19.4 Å². The Morgan fingerprint density at radius 2 is 2.29 bits per heavy atom. The summed E-state index contributed by atoms with van der Waals surface area (Å²) in [5.41, 5.74) is 0. The number of nitrogens with zero attached hydrogens (tertiary/aromatic N) is 1. The van der Waals surface area contributed by atoms with Gasteiger partial charge in [-0.05, 0) is 19.8 Å². The van der Waals surface area contributed by atoms with Crippen LogP contribution in [0.4, 0.5) is 0 Å². The van der Waals surface area contributed by atoms with Gasteiger partial charge < -0.3 is 14.4 Å². The third-order valence-electron chi connectivity index (χ3n) is 3.47. The number of carbonyl (C=O) groups excluding carboxylic acids is 1. The fraction of sp³-hybridized carbons (Fsp3) is 0.917. The summed E-state index contributed by atoms with van der Waals surface area (Å²) < 4.78 is 10.9. The number of hydrogen-bond acceptors (Lipinski definition) is 3. The van der Waals surface area contributed by atoms with Crippen molar-refractivity contribution in [3.63, 3.8) is 0 Å². The Hall–Kier alpha value is -0.320. The first-order valence-corrected chi connectivity index (χ1v) is 6.81. The fourth-order valence-corrected chi connectivity index (χ4v) is 2.57. The molecule has 4 nitrogen and oxygen atoms in total. The SMILES string of the molecule is CC1COC(CCl)CN1C(=O)C1CCCOC1. The molecule has 98 valence electrons. The molecule has 0 saturated carbocycles. The zero-order valence-corrected chi connectivity index (χ0v) is 11.0. The van der Waals surface area contributed by atoms with Gasteiger partial charge >= 0.3 is 0 Å². The van der Waals surface area contributed by atoms with Crippen LogP contribution >= 0.6 is 11.6 Å². The monoisotopic (exact) mass is 261 g/mol. The molecule has 2 aliphatic heterocycles. The largest absolute Gasteiger partial charge is 0.381 e. The predicted molar refractivity (Wildman–Crippen MR) is 65.2 cm³/mol. The maximum atomic E-state index is 12.4. The molecule has 2 saturated heterocycles. The molecule has 1 amide bonds. The highest BCUT2D eigenvalue weighted by molar-refractivity contribution is 6.18. The first kappa shape index (κ1) is 13.1. The minimum atomic E-state index is -0.0266. The Labute approximate surface area is 107 Å². The van der Waals surface area contributed by atoms with Gasteiger partial charge in [0.25, 0.3) is 0 Å². The molecule has 5 heteroatoms. The van der Waals surface area contributed by atoms with Crippen molar-refractivity contribution in [3.05, 3.63) is 0 Å². The van der Waals surface area contributed by atoms with Crippen LogP contribution in [-0.2, 0) is 14.3 Å². The molecule has 0 radical (unpaired) electrons. The second kappa shape index (κ2) is 6.03. The molecule has 0 bridgehead atoms. The molecular weight excluding hydrogens is 242 g/mol. The summed E-state index contributed by atoms with van der Waals surface area (Å²) in [6.07, 6.45) is 1.89. The van der Waals surface area contributed by atoms with E-state index in [0.29, 0.717) is 25.6 Å². The van der Waals surface area contributed by atoms with Crippen molar-refractivity contribution in [3.8, 4) is 0 Å². The number of amides is 1. The first-order chi connectivity index (χ1) is 8.22. The molecule has 0 aromatic rings. The molecule has 2 heterocycles. The maximum Gasteiger partial charge on any atom is 0.228 e. The van der Waals surface area contributed by atoms with Crippen LogP contribution in [0.5, 0.6) is 0 Å². The van der Waals surface area contributed by atoms with Gasteiger partial charge in [0.1, 0.15) is 0 Å². The number of alkyl halides is 1. The zero-order valence-electron chi connectivity index (χ0n) is 10.2. The lowest BCUT2D eigenvalue weighted by Gasteiger charge is -2.39. The van der Waals surface area contributed by atoms with E-state index in [4.69, 9.17) is 21.1 Å². The van der Waals surface area contributed by atoms with E-state index < -0.39 is 0 Å². The van der Waals surface area contributed by atoms with Crippen LogP contribution in [0.1, 0.15) is 19.8 Å². The molecular formula is C12H20ClNO3.